The van der Waals surface area contributed by atoms with Gasteiger partial charge in [0.2, 0.25) is 0 Å². The number of hydrogen-bond acceptors (Lipinski definition) is 6. The smallest absolute Gasteiger partial charge is 0.280 e. The third-order valence-corrected chi connectivity index (χ3v) is 7.26. The largest absolute Gasteiger partial charge is 0.492 e. The van der Waals surface area contributed by atoms with E-state index >= 15 is 0 Å². The quantitative estimate of drug-likeness (QED) is 0.337. The molecule has 0 spiro atoms. The third-order valence-electron chi connectivity index (χ3n) is 7.26. The molecule has 1 amide bonds. The van der Waals surface area contributed by atoms with E-state index in [4.69, 9.17) is 4.74 Å². The Labute approximate surface area is 228 Å². The summed E-state index contributed by atoms with van der Waals surface area (Å²) in [5.74, 6) is 0.254. The Morgan fingerprint density at radius 1 is 1.18 bits per heavy atom. The molecule has 1 aliphatic heterocycles. The van der Waals surface area contributed by atoms with Crippen molar-refractivity contribution >= 4 is 5.91 Å². The topological polar surface area (TPSA) is 82.3 Å². The predicted octanol–water partition coefficient (Wildman–Crippen LogP) is 5.61. The van der Waals surface area contributed by atoms with Crippen LogP contribution in [0.1, 0.15) is 71.7 Å². The maximum Gasteiger partial charge on any atom is 0.280 e. The van der Waals surface area contributed by atoms with E-state index < -0.39 is 6.43 Å². The van der Waals surface area contributed by atoms with Gasteiger partial charge in [0.05, 0.1) is 18.3 Å². The number of carbonyl (C=O) groups excluding carboxylic acids is 1. The fraction of sp³-hybridized carbons (Fsp3) is 0.400. The molecule has 0 N–H and O–H groups in total. The second kappa shape index (κ2) is 12.3. The summed E-state index contributed by atoms with van der Waals surface area (Å²) >= 11 is 0. The zero-order valence-corrected chi connectivity index (χ0v) is 22.7. The van der Waals surface area contributed by atoms with Gasteiger partial charge >= 0.3 is 0 Å². The van der Waals surface area contributed by atoms with Crippen LogP contribution < -0.4 is 4.74 Å². The number of amides is 1. The van der Waals surface area contributed by atoms with Crippen molar-refractivity contribution in [3.63, 3.8) is 0 Å². The first-order valence-corrected chi connectivity index (χ1v) is 13.2. The van der Waals surface area contributed by atoms with E-state index in [-0.39, 0.29) is 17.6 Å². The normalized spacial score (nSPS) is 13.9. The number of hydrogen-bond donors (Lipinski definition) is 0. The second-order valence-electron chi connectivity index (χ2n) is 9.63. The van der Waals surface area contributed by atoms with E-state index in [1.165, 1.54) is 12.4 Å². The van der Waals surface area contributed by atoms with Crippen LogP contribution in [0.25, 0.3) is 11.1 Å². The van der Waals surface area contributed by atoms with Crippen LogP contribution in [0.2, 0.25) is 0 Å². The number of aromatic nitrogens is 2. The molecule has 1 atom stereocenters. The number of nitrogens with zero attached hydrogens (tertiary/aromatic N) is 5. The molecule has 0 bridgehead atoms. The van der Waals surface area contributed by atoms with E-state index in [1.807, 2.05) is 33.0 Å². The number of benzene rings is 1. The number of fused-ring (bicyclic) bond motifs is 1. The summed E-state index contributed by atoms with van der Waals surface area (Å²) in [7, 11) is 2.02. The van der Waals surface area contributed by atoms with Crippen molar-refractivity contribution in [3.05, 3.63) is 76.4 Å². The maximum absolute atomic E-state index is 14.0. The molecule has 0 unspecified atom stereocenters. The lowest BCUT2D eigenvalue weighted by Gasteiger charge is -2.35. The van der Waals surface area contributed by atoms with Crippen LogP contribution in [0, 0.1) is 11.3 Å². The first-order valence-electron chi connectivity index (χ1n) is 13.2. The molecule has 3 aromatic rings. The van der Waals surface area contributed by atoms with Gasteiger partial charge in [-0.15, -0.1) is 0 Å². The fourth-order valence-electron chi connectivity index (χ4n) is 4.93. The first kappa shape index (κ1) is 28.1. The second-order valence-corrected chi connectivity index (χ2v) is 9.63. The van der Waals surface area contributed by atoms with Crippen molar-refractivity contribution in [3.8, 4) is 22.9 Å². The number of carbonyl (C=O) groups is 1. The molecule has 3 heterocycles. The fourth-order valence-corrected chi connectivity index (χ4v) is 4.93. The van der Waals surface area contributed by atoms with Crippen LogP contribution in [0.4, 0.5) is 8.78 Å². The van der Waals surface area contributed by atoms with Gasteiger partial charge in [-0.3, -0.25) is 14.8 Å². The van der Waals surface area contributed by atoms with Gasteiger partial charge in [-0.05, 0) is 69.1 Å². The minimum Gasteiger partial charge on any atom is -0.492 e. The van der Waals surface area contributed by atoms with Gasteiger partial charge in [0.1, 0.15) is 23.1 Å². The number of ether oxygens (including phenoxy) is 1. The van der Waals surface area contributed by atoms with Gasteiger partial charge in [0.15, 0.2) is 0 Å². The summed E-state index contributed by atoms with van der Waals surface area (Å²) < 4.78 is 33.5. The average molecular weight is 534 g/mol. The van der Waals surface area contributed by atoms with Crippen LogP contribution in [0.3, 0.4) is 0 Å². The Bertz CT molecular complexity index is 1390. The summed E-state index contributed by atoms with van der Waals surface area (Å²) in [6.07, 6.45) is 1.28. The number of pyridine rings is 2. The van der Waals surface area contributed by atoms with Gasteiger partial charge in [0, 0.05) is 42.7 Å². The highest BCUT2D eigenvalue weighted by Crippen LogP contribution is 2.38. The summed E-state index contributed by atoms with van der Waals surface area (Å²) in [5.41, 5.74) is 3.85. The summed E-state index contributed by atoms with van der Waals surface area (Å²) in [4.78, 5) is 26.3. The van der Waals surface area contributed by atoms with Crippen molar-refractivity contribution in [1.29, 1.82) is 5.26 Å². The minimum absolute atomic E-state index is 0.178. The highest BCUT2D eigenvalue weighted by Gasteiger charge is 2.32. The number of halogens is 2. The molecular formula is C30H33F2N5O2. The molecule has 4 rings (SSSR count). The lowest BCUT2D eigenvalue weighted by molar-refractivity contribution is 0.0669. The molecule has 1 aliphatic rings. The Morgan fingerprint density at radius 2 is 1.95 bits per heavy atom. The summed E-state index contributed by atoms with van der Waals surface area (Å²) in [6, 6.07) is 10.6. The van der Waals surface area contributed by atoms with Crippen molar-refractivity contribution in [2.45, 2.75) is 46.1 Å². The summed E-state index contributed by atoms with van der Waals surface area (Å²) in [6.45, 7) is 8.24. The molecule has 0 saturated heterocycles. The van der Waals surface area contributed by atoms with E-state index in [0.717, 1.165) is 24.2 Å². The molecular weight excluding hydrogens is 500 g/mol. The van der Waals surface area contributed by atoms with Crippen molar-refractivity contribution in [2.75, 3.05) is 33.3 Å². The van der Waals surface area contributed by atoms with Gasteiger partial charge in [0.25, 0.3) is 12.3 Å². The van der Waals surface area contributed by atoms with Gasteiger partial charge in [-0.2, -0.15) is 5.26 Å². The van der Waals surface area contributed by atoms with Crippen LogP contribution in [0.5, 0.6) is 5.75 Å². The molecule has 2 aromatic heterocycles. The number of alkyl halides is 2. The van der Waals surface area contributed by atoms with Gasteiger partial charge in [-0.1, -0.05) is 19.1 Å². The third kappa shape index (κ3) is 5.91. The van der Waals surface area contributed by atoms with E-state index in [0.29, 0.717) is 59.7 Å². The first-order chi connectivity index (χ1) is 18.8. The maximum atomic E-state index is 14.0. The van der Waals surface area contributed by atoms with Crippen LogP contribution in [-0.4, -0.2) is 59.0 Å². The monoisotopic (exact) mass is 533 g/mol. The molecule has 0 aliphatic carbocycles. The van der Waals surface area contributed by atoms with E-state index in [9.17, 15) is 18.8 Å². The number of likely N-dealkylation sites (N-methyl/N-ethyl adjacent to an activating group) is 1. The lowest BCUT2D eigenvalue weighted by Crippen LogP contribution is -2.40. The minimum atomic E-state index is -2.73. The van der Waals surface area contributed by atoms with Crippen LogP contribution in [0.15, 0.2) is 42.7 Å². The Morgan fingerprint density at radius 3 is 2.64 bits per heavy atom. The molecule has 39 heavy (non-hydrogen) atoms. The van der Waals surface area contributed by atoms with E-state index in [1.54, 1.807) is 23.1 Å². The van der Waals surface area contributed by atoms with Crippen LogP contribution in [-0.2, 0) is 12.8 Å². The zero-order valence-electron chi connectivity index (χ0n) is 22.7. The Hall–Kier alpha value is -3.90. The molecule has 204 valence electrons. The molecule has 0 saturated carbocycles. The average Bonchev–Trinajstić information content (AvgIpc) is 2.95. The Balaban J connectivity index is 1.76. The highest BCUT2D eigenvalue weighted by atomic mass is 19.3. The zero-order chi connectivity index (χ0) is 28.1. The molecule has 1 aromatic carbocycles. The van der Waals surface area contributed by atoms with Gasteiger partial charge < -0.3 is 14.5 Å². The van der Waals surface area contributed by atoms with Crippen LogP contribution >= 0.6 is 0 Å². The molecule has 7 nitrogen and oxygen atoms in total. The Kier molecular flexibility index (Phi) is 8.87. The van der Waals surface area contributed by atoms with E-state index in [2.05, 4.69) is 27.9 Å². The lowest BCUT2D eigenvalue weighted by atomic mass is 9.86. The molecule has 0 radical (unpaired) electrons. The number of rotatable bonds is 10. The van der Waals surface area contributed by atoms with Gasteiger partial charge in [-0.25, -0.2) is 8.78 Å². The highest BCUT2D eigenvalue weighted by molar-refractivity contribution is 5.99. The standard InChI is InChI=1S/C30H33F2N5O2/c1-5-36(4)12-9-20-14-24(23-8-7-11-34-28(23)29(31)32)22-10-13-37(30(38)25(22)15-20)19(3)26-16-27(39-6-2)21(17-33)18-35-26/h7-8,11,14-16,18-19,29H,5-6,9-10,12-13H2,1-4H3/t19-/m0/s1. The molecule has 9 heteroatoms. The molecule has 0 fully saturated rings. The predicted molar refractivity (Wildman–Crippen MR) is 145 cm³/mol. The van der Waals surface area contributed by atoms with Crippen molar-refractivity contribution < 1.29 is 18.3 Å². The summed E-state index contributed by atoms with van der Waals surface area (Å²) in [5, 5.41) is 9.38. The van der Waals surface area contributed by atoms with Crippen molar-refractivity contribution in [2.24, 2.45) is 0 Å². The SMILES string of the molecule is CCOc1cc([C@H](C)N2CCc3c(cc(CCN(C)CC)cc3-c3cccnc3C(F)F)C2=O)ncc1C#N. The number of nitriles is 1. The van der Waals surface area contributed by atoms with Crippen molar-refractivity contribution in [1.82, 2.24) is 19.8 Å².